The van der Waals surface area contributed by atoms with Crippen LogP contribution >= 0.6 is 24.0 Å². The van der Waals surface area contributed by atoms with Gasteiger partial charge in [0.1, 0.15) is 4.32 Å². The normalized spacial score (nSPS) is 13.9. The number of thiocarbonyl (C=S) groups is 1. The molecule has 0 spiro atoms. The molecule has 1 heterocycles. The molecule has 1 aliphatic rings. The number of ether oxygens (including phenoxy) is 1. The van der Waals surface area contributed by atoms with E-state index in [-0.39, 0.29) is 11.8 Å². The molecule has 0 aliphatic carbocycles. The Hall–Kier alpha value is -1.93. The van der Waals surface area contributed by atoms with E-state index in [1.165, 1.54) is 18.9 Å². The molecular formula is C17H20N2O4S2. The van der Waals surface area contributed by atoms with Gasteiger partial charge in [-0.1, -0.05) is 30.0 Å². The van der Waals surface area contributed by atoms with Crippen LogP contribution in [-0.4, -0.2) is 46.4 Å². The number of unbranched alkanes of at least 4 members (excludes halogenated alkanes) is 1. The van der Waals surface area contributed by atoms with E-state index in [2.05, 4.69) is 10.1 Å². The molecule has 0 radical (unpaired) electrons. The maximum absolute atomic E-state index is 12.1. The predicted octanol–water partition coefficient (Wildman–Crippen LogP) is 2.75. The zero-order valence-corrected chi connectivity index (χ0v) is 15.8. The van der Waals surface area contributed by atoms with Gasteiger partial charge < -0.3 is 10.1 Å². The van der Waals surface area contributed by atoms with Crippen molar-refractivity contribution in [3.8, 4) is 0 Å². The summed E-state index contributed by atoms with van der Waals surface area (Å²) in [5, 5.41) is 2.82. The number of hydrogen-bond donors (Lipinski definition) is 1. The third kappa shape index (κ3) is 5.27. The molecule has 1 fully saturated rings. The van der Waals surface area contributed by atoms with Crippen LogP contribution in [-0.2, 0) is 14.3 Å². The Kier molecular flexibility index (Phi) is 6.95. The maximum atomic E-state index is 12.1. The SMILES string of the molecule is COC(=O)c1ccc(C)c(NC(=O)CCCCN2C(=O)CSC2=S)c1. The van der Waals surface area contributed by atoms with Gasteiger partial charge in [0.25, 0.3) is 0 Å². The molecule has 2 rings (SSSR count). The first kappa shape index (κ1) is 19.4. The molecule has 0 unspecified atom stereocenters. The summed E-state index contributed by atoms with van der Waals surface area (Å²) >= 11 is 6.49. The van der Waals surface area contributed by atoms with Crippen molar-refractivity contribution in [3.05, 3.63) is 29.3 Å². The zero-order chi connectivity index (χ0) is 18.4. The van der Waals surface area contributed by atoms with E-state index in [0.29, 0.717) is 47.1 Å². The minimum Gasteiger partial charge on any atom is -0.465 e. The Morgan fingerprint density at radius 3 is 2.76 bits per heavy atom. The number of thioether (sulfide) groups is 1. The third-order valence-electron chi connectivity index (χ3n) is 3.81. The number of nitrogens with one attached hydrogen (secondary N) is 1. The molecule has 0 aromatic heterocycles. The lowest BCUT2D eigenvalue weighted by atomic mass is 10.1. The van der Waals surface area contributed by atoms with Gasteiger partial charge in [-0.3, -0.25) is 14.5 Å². The highest BCUT2D eigenvalue weighted by atomic mass is 32.2. The molecule has 0 bridgehead atoms. The number of rotatable bonds is 7. The number of esters is 1. The summed E-state index contributed by atoms with van der Waals surface area (Å²) in [5.74, 6) is -0.126. The highest BCUT2D eigenvalue weighted by molar-refractivity contribution is 8.23. The van der Waals surface area contributed by atoms with Crippen LogP contribution in [0.15, 0.2) is 18.2 Å². The summed E-state index contributed by atoms with van der Waals surface area (Å²) in [7, 11) is 1.32. The minimum atomic E-state index is -0.445. The fourth-order valence-corrected chi connectivity index (χ4v) is 3.49. The largest absolute Gasteiger partial charge is 0.465 e. The molecule has 1 N–H and O–H groups in total. The topological polar surface area (TPSA) is 75.7 Å². The van der Waals surface area contributed by atoms with Crippen LogP contribution in [0.25, 0.3) is 0 Å². The van der Waals surface area contributed by atoms with Crippen LogP contribution in [0.2, 0.25) is 0 Å². The standard InChI is InChI=1S/C17H20N2O4S2/c1-11-6-7-12(16(22)23-2)9-13(11)18-14(20)5-3-4-8-19-15(21)10-25-17(19)24/h6-7,9H,3-5,8,10H2,1-2H3,(H,18,20). The average molecular weight is 380 g/mol. The van der Waals surface area contributed by atoms with Crippen LogP contribution in [0.3, 0.4) is 0 Å². The van der Waals surface area contributed by atoms with Crippen molar-refractivity contribution >= 4 is 51.8 Å². The van der Waals surface area contributed by atoms with Crippen molar-refractivity contribution in [3.63, 3.8) is 0 Å². The quantitative estimate of drug-likeness (QED) is 0.445. The number of amides is 2. The summed E-state index contributed by atoms with van der Waals surface area (Å²) < 4.78 is 5.30. The molecule has 1 aromatic rings. The number of carbonyl (C=O) groups excluding carboxylic acids is 3. The second-order valence-corrected chi connectivity index (χ2v) is 7.24. The molecule has 8 heteroatoms. The van der Waals surface area contributed by atoms with Crippen LogP contribution in [0.5, 0.6) is 0 Å². The zero-order valence-electron chi connectivity index (χ0n) is 14.2. The lowest BCUT2D eigenvalue weighted by Crippen LogP contribution is -2.29. The fourth-order valence-electron chi connectivity index (χ4n) is 2.37. The van der Waals surface area contributed by atoms with Crippen LogP contribution in [0.1, 0.15) is 35.2 Å². The maximum Gasteiger partial charge on any atom is 0.337 e. The van der Waals surface area contributed by atoms with Gasteiger partial charge in [0.2, 0.25) is 11.8 Å². The number of hydrogen-bond acceptors (Lipinski definition) is 6. The molecule has 6 nitrogen and oxygen atoms in total. The first-order chi connectivity index (χ1) is 11.9. The minimum absolute atomic E-state index is 0.0368. The van der Waals surface area contributed by atoms with Crippen molar-refractivity contribution in [2.24, 2.45) is 0 Å². The van der Waals surface area contributed by atoms with Crippen molar-refractivity contribution in [2.75, 3.05) is 24.7 Å². The number of methoxy groups -OCH3 is 1. The Morgan fingerprint density at radius 2 is 2.12 bits per heavy atom. The van der Waals surface area contributed by atoms with E-state index < -0.39 is 5.97 Å². The van der Waals surface area contributed by atoms with E-state index >= 15 is 0 Å². The highest BCUT2D eigenvalue weighted by Crippen LogP contribution is 2.20. The molecule has 1 saturated heterocycles. The lowest BCUT2D eigenvalue weighted by Gasteiger charge is -2.14. The number of benzene rings is 1. The predicted molar refractivity (Wildman–Crippen MR) is 102 cm³/mol. The van der Waals surface area contributed by atoms with Crippen LogP contribution in [0.4, 0.5) is 5.69 Å². The summed E-state index contributed by atoms with van der Waals surface area (Å²) in [6.07, 6.45) is 1.70. The monoisotopic (exact) mass is 380 g/mol. The Morgan fingerprint density at radius 1 is 1.36 bits per heavy atom. The third-order valence-corrected chi connectivity index (χ3v) is 5.24. The Balaban J connectivity index is 1.81. The van der Waals surface area contributed by atoms with E-state index in [9.17, 15) is 14.4 Å². The summed E-state index contributed by atoms with van der Waals surface area (Å²) in [5.41, 5.74) is 1.85. The van der Waals surface area contributed by atoms with Gasteiger partial charge in [0, 0.05) is 18.7 Å². The van der Waals surface area contributed by atoms with Gasteiger partial charge in [-0.15, -0.1) is 0 Å². The molecule has 134 valence electrons. The highest BCUT2D eigenvalue weighted by Gasteiger charge is 2.25. The molecule has 0 saturated carbocycles. The molecule has 1 aromatic carbocycles. The first-order valence-electron chi connectivity index (χ1n) is 7.88. The number of aryl methyl sites for hydroxylation is 1. The van der Waals surface area contributed by atoms with Gasteiger partial charge in [0.05, 0.1) is 18.4 Å². The molecule has 25 heavy (non-hydrogen) atoms. The summed E-state index contributed by atoms with van der Waals surface area (Å²) in [4.78, 5) is 36.9. The van der Waals surface area contributed by atoms with Crippen LogP contribution < -0.4 is 5.32 Å². The van der Waals surface area contributed by atoms with Gasteiger partial charge in [0.15, 0.2) is 0 Å². The molecule has 2 amide bonds. The fraction of sp³-hybridized carbons (Fsp3) is 0.412. The Bertz CT molecular complexity index is 690. The van der Waals surface area contributed by atoms with E-state index in [4.69, 9.17) is 12.2 Å². The first-order valence-corrected chi connectivity index (χ1v) is 9.27. The number of carbonyl (C=O) groups is 3. The van der Waals surface area contributed by atoms with Crippen molar-refractivity contribution in [2.45, 2.75) is 26.2 Å². The molecular weight excluding hydrogens is 360 g/mol. The van der Waals surface area contributed by atoms with Gasteiger partial charge >= 0.3 is 5.97 Å². The summed E-state index contributed by atoms with van der Waals surface area (Å²) in [6.45, 7) is 2.41. The van der Waals surface area contributed by atoms with Gasteiger partial charge in [-0.05, 0) is 37.5 Å². The van der Waals surface area contributed by atoms with E-state index in [0.717, 1.165) is 5.56 Å². The number of nitrogens with zero attached hydrogens (tertiary/aromatic N) is 1. The van der Waals surface area contributed by atoms with E-state index in [1.807, 2.05) is 6.92 Å². The molecule has 1 aliphatic heterocycles. The van der Waals surface area contributed by atoms with Gasteiger partial charge in [-0.2, -0.15) is 0 Å². The average Bonchev–Trinajstić information content (AvgIpc) is 2.91. The molecule has 0 atom stereocenters. The van der Waals surface area contributed by atoms with Crippen molar-refractivity contribution < 1.29 is 19.1 Å². The Labute approximate surface area is 156 Å². The summed E-state index contributed by atoms with van der Waals surface area (Å²) in [6, 6.07) is 5.03. The van der Waals surface area contributed by atoms with Crippen molar-refractivity contribution in [1.29, 1.82) is 0 Å². The second-order valence-electron chi connectivity index (χ2n) is 5.63. The van der Waals surface area contributed by atoms with Gasteiger partial charge in [-0.25, -0.2) is 4.79 Å². The van der Waals surface area contributed by atoms with Crippen molar-refractivity contribution in [1.82, 2.24) is 4.90 Å². The smallest absolute Gasteiger partial charge is 0.337 e. The second kappa shape index (κ2) is 8.96. The van der Waals surface area contributed by atoms with E-state index in [1.54, 1.807) is 23.1 Å². The number of anilines is 1. The lowest BCUT2D eigenvalue weighted by molar-refractivity contribution is -0.124. The van der Waals surface area contributed by atoms with Crippen LogP contribution in [0, 0.1) is 6.92 Å².